The van der Waals surface area contributed by atoms with Crippen LogP contribution in [0.15, 0.2) is 24.3 Å². The molecule has 1 aromatic rings. The Morgan fingerprint density at radius 2 is 2.03 bits per heavy atom. The maximum Gasteiger partial charge on any atom is 0.223 e. The number of amides is 1. The van der Waals surface area contributed by atoms with Crippen molar-refractivity contribution in [1.29, 1.82) is 0 Å². The molecule has 1 saturated heterocycles. The Balaban J connectivity index is 1.54. The van der Waals surface area contributed by atoms with E-state index in [1.807, 2.05) is 17.0 Å². The third kappa shape index (κ3) is 5.34. The number of benzene rings is 1. The molecule has 1 amide bonds. The third-order valence-electron chi connectivity index (χ3n) is 6.49. The Morgan fingerprint density at radius 1 is 1.17 bits per heavy atom. The first-order valence-electron chi connectivity index (χ1n) is 11.0. The van der Waals surface area contributed by atoms with Gasteiger partial charge < -0.3 is 14.4 Å². The Bertz CT molecular complexity index is 859. The second kappa shape index (κ2) is 9.24. The lowest BCUT2D eigenvalue weighted by Gasteiger charge is -2.41. The van der Waals surface area contributed by atoms with Crippen LogP contribution in [0.25, 0.3) is 0 Å². The number of ether oxygens (including phenoxy) is 2. The minimum Gasteiger partial charge on any atom is -0.494 e. The number of nitrogens with one attached hydrogen (secondary N) is 1. The first kappa shape index (κ1) is 21.6. The predicted molar refractivity (Wildman–Crippen MR) is 114 cm³/mol. The minimum absolute atomic E-state index is 0.0418. The maximum atomic E-state index is 13.0. The molecular weight excluding hydrogens is 404 g/mol. The number of carbonyl (C=O) groups excluding carboxylic acids is 1. The molecule has 0 spiro atoms. The van der Waals surface area contributed by atoms with Gasteiger partial charge >= 0.3 is 0 Å². The van der Waals surface area contributed by atoms with E-state index in [1.165, 1.54) is 11.8 Å². The average Bonchev–Trinajstić information content (AvgIpc) is 3.17. The fourth-order valence-electron chi connectivity index (χ4n) is 5.03. The van der Waals surface area contributed by atoms with Crippen molar-refractivity contribution in [3.05, 3.63) is 29.8 Å². The third-order valence-corrected chi connectivity index (χ3v) is 7.22. The number of hydrogen-bond donors (Lipinski definition) is 1. The summed E-state index contributed by atoms with van der Waals surface area (Å²) in [7, 11) is -3.36. The van der Waals surface area contributed by atoms with Crippen LogP contribution >= 0.6 is 0 Å². The van der Waals surface area contributed by atoms with E-state index < -0.39 is 10.0 Å². The molecule has 0 unspecified atom stereocenters. The number of hydrogen-bond acceptors (Lipinski definition) is 5. The molecule has 4 bridgehead atoms. The summed E-state index contributed by atoms with van der Waals surface area (Å²) in [4.78, 5) is 14.8. The van der Waals surface area contributed by atoms with E-state index >= 15 is 0 Å². The number of piperidine rings is 1. The summed E-state index contributed by atoms with van der Waals surface area (Å²) in [5, 5.41) is 0. The first-order valence-corrected chi connectivity index (χ1v) is 12.9. The van der Waals surface area contributed by atoms with Crippen molar-refractivity contribution >= 4 is 15.9 Å². The number of rotatable bonds is 2. The molecule has 2 heterocycles. The molecule has 1 aromatic carbocycles. The van der Waals surface area contributed by atoms with Gasteiger partial charge in [-0.2, -0.15) is 0 Å². The van der Waals surface area contributed by atoms with Crippen LogP contribution in [0.5, 0.6) is 5.75 Å². The molecule has 1 aliphatic carbocycles. The summed E-state index contributed by atoms with van der Waals surface area (Å²) >= 11 is 0. The van der Waals surface area contributed by atoms with Gasteiger partial charge in [-0.05, 0) is 62.1 Å². The van der Waals surface area contributed by atoms with Gasteiger partial charge in [-0.25, -0.2) is 13.1 Å². The van der Waals surface area contributed by atoms with Gasteiger partial charge in [-0.1, -0.05) is 12.1 Å². The highest BCUT2D eigenvalue weighted by molar-refractivity contribution is 7.88. The predicted octanol–water partition coefficient (Wildman–Crippen LogP) is 2.42. The minimum atomic E-state index is -3.36. The SMILES string of the molecule is CS(=O)(=O)N[C@@H]1CCCN2C(=O)CCCOc3cccc(c3)[C@H]3CC[C@H](C3)OC[C@H]12. The van der Waals surface area contributed by atoms with Gasteiger partial charge in [0.1, 0.15) is 5.75 Å². The number of sulfonamides is 1. The molecule has 3 aliphatic rings. The molecule has 30 heavy (non-hydrogen) atoms. The summed E-state index contributed by atoms with van der Waals surface area (Å²) in [5.41, 5.74) is 1.28. The van der Waals surface area contributed by atoms with E-state index in [0.29, 0.717) is 44.9 Å². The second-order valence-electron chi connectivity index (χ2n) is 8.78. The van der Waals surface area contributed by atoms with Crippen molar-refractivity contribution < 1.29 is 22.7 Å². The Hall–Kier alpha value is -1.64. The topological polar surface area (TPSA) is 84.9 Å². The zero-order chi connectivity index (χ0) is 21.1. The van der Waals surface area contributed by atoms with Crippen LogP contribution in [-0.4, -0.2) is 63.4 Å². The maximum absolute atomic E-state index is 13.0. The quantitative estimate of drug-likeness (QED) is 0.770. The van der Waals surface area contributed by atoms with Crippen molar-refractivity contribution in [2.75, 3.05) is 26.0 Å². The first-order chi connectivity index (χ1) is 14.4. The van der Waals surface area contributed by atoms with Gasteiger partial charge in [0.15, 0.2) is 0 Å². The van der Waals surface area contributed by atoms with Crippen LogP contribution in [-0.2, 0) is 19.6 Å². The highest BCUT2D eigenvalue weighted by Crippen LogP contribution is 2.37. The van der Waals surface area contributed by atoms with E-state index in [2.05, 4.69) is 16.9 Å². The Morgan fingerprint density at radius 3 is 2.87 bits per heavy atom. The smallest absolute Gasteiger partial charge is 0.223 e. The average molecular weight is 437 g/mol. The highest BCUT2D eigenvalue weighted by atomic mass is 32.2. The van der Waals surface area contributed by atoms with Crippen LogP contribution in [0.1, 0.15) is 56.4 Å². The lowest BCUT2D eigenvalue weighted by Crippen LogP contribution is -2.59. The van der Waals surface area contributed by atoms with Crippen molar-refractivity contribution in [2.45, 2.75) is 69.1 Å². The van der Waals surface area contributed by atoms with Crippen LogP contribution < -0.4 is 9.46 Å². The summed E-state index contributed by atoms with van der Waals surface area (Å²) in [6.07, 6.45) is 6.78. The fourth-order valence-corrected chi connectivity index (χ4v) is 5.85. The highest BCUT2D eigenvalue weighted by Gasteiger charge is 2.37. The van der Waals surface area contributed by atoms with E-state index in [4.69, 9.17) is 9.47 Å². The molecule has 0 radical (unpaired) electrons. The van der Waals surface area contributed by atoms with E-state index in [-0.39, 0.29) is 24.1 Å². The molecular formula is C22H32N2O5S. The summed E-state index contributed by atoms with van der Waals surface area (Å²) in [6, 6.07) is 7.68. The molecule has 1 saturated carbocycles. The summed E-state index contributed by atoms with van der Waals surface area (Å²) in [5.74, 6) is 1.34. The molecule has 0 aromatic heterocycles. The monoisotopic (exact) mass is 436 g/mol. The Labute approximate surface area is 179 Å². The largest absolute Gasteiger partial charge is 0.494 e. The normalized spacial score (nSPS) is 30.7. The van der Waals surface area contributed by atoms with E-state index in [1.54, 1.807) is 0 Å². The molecule has 1 N–H and O–H groups in total. The lowest BCUT2D eigenvalue weighted by atomic mass is 9.96. The van der Waals surface area contributed by atoms with Crippen molar-refractivity contribution in [2.24, 2.45) is 0 Å². The van der Waals surface area contributed by atoms with Crippen LogP contribution in [0.2, 0.25) is 0 Å². The second-order valence-corrected chi connectivity index (χ2v) is 10.6. The van der Waals surface area contributed by atoms with Gasteiger partial charge in [-0.3, -0.25) is 4.79 Å². The fraction of sp³-hybridized carbons (Fsp3) is 0.682. The zero-order valence-electron chi connectivity index (χ0n) is 17.6. The van der Waals surface area contributed by atoms with Crippen molar-refractivity contribution in [1.82, 2.24) is 9.62 Å². The van der Waals surface area contributed by atoms with Crippen LogP contribution in [0, 0.1) is 0 Å². The lowest BCUT2D eigenvalue weighted by molar-refractivity contribution is -0.138. The van der Waals surface area contributed by atoms with Crippen LogP contribution in [0.3, 0.4) is 0 Å². The van der Waals surface area contributed by atoms with Gasteiger partial charge in [0.2, 0.25) is 15.9 Å². The number of fused-ring (bicyclic) bond motifs is 6. The molecule has 2 aliphatic heterocycles. The van der Waals surface area contributed by atoms with E-state index in [9.17, 15) is 13.2 Å². The van der Waals surface area contributed by atoms with Gasteiger partial charge in [0.05, 0.1) is 31.6 Å². The number of nitrogens with zero attached hydrogens (tertiary/aromatic N) is 1. The standard InChI is InChI=1S/C22H32N2O5S/c1-30(26,27)23-20-7-3-11-24-21(20)15-29-19-10-9-17(14-19)16-5-2-6-18(13-16)28-12-4-8-22(24)25/h2,5-6,13,17,19-21,23H,3-4,7-12,14-15H2,1H3/t17-,19+,20+,21+/m0/s1. The van der Waals surface area contributed by atoms with Gasteiger partial charge in [-0.15, -0.1) is 0 Å². The summed E-state index contributed by atoms with van der Waals surface area (Å²) in [6.45, 7) is 1.50. The molecule has 4 atom stereocenters. The van der Waals surface area contributed by atoms with Crippen molar-refractivity contribution in [3.63, 3.8) is 0 Å². The molecule has 2 fully saturated rings. The van der Waals surface area contributed by atoms with Crippen molar-refractivity contribution in [3.8, 4) is 5.75 Å². The molecule has 4 rings (SSSR count). The van der Waals surface area contributed by atoms with E-state index in [0.717, 1.165) is 31.4 Å². The zero-order valence-corrected chi connectivity index (χ0v) is 18.4. The molecule has 7 nitrogen and oxygen atoms in total. The van der Waals surface area contributed by atoms with Crippen LogP contribution in [0.4, 0.5) is 0 Å². The Kier molecular flexibility index (Phi) is 6.65. The van der Waals surface area contributed by atoms with Gasteiger partial charge in [0, 0.05) is 19.0 Å². The summed E-state index contributed by atoms with van der Waals surface area (Å²) < 4.78 is 38.7. The molecule has 166 valence electrons. The number of carbonyl (C=O) groups is 1. The van der Waals surface area contributed by atoms with Gasteiger partial charge in [0.25, 0.3) is 0 Å². The molecule has 8 heteroatoms.